The Morgan fingerprint density at radius 3 is 2.59 bits per heavy atom. The molecule has 0 saturated heterocycles. The molecule has 2 fully saturated rings. The lowest BCUT2D eigenvalue weighted by Crippen LogP contribution is -2.29. The molecule has 1 heterocycles. The average molecular weight is 356 g/mol. The van der Waals surface area contributed by atoms with E-state index in [2.05, 4.69) is 39.1 Å². The first-order valence-electron chi connectivity index (χ1n) is 7.95. The van der Waals surface area contributed by atoms with E-state index in [4.69, 9.17) is 0 Å². The van der Waals surface area contributed by atoms with Crippen LogP contribution in [0.1, 0.15) is 41.2 Å². The van der Waals surface area contributed by atoms with Crippen molar-refractivity contribution in [2.75, 3.05) is 0 Å². The number of rotatable bonds is 3. The van der Waals surface area contributed by atoms with Crippen LogP contribution in [0.25, 0.3) is 0 Å². The minimum absolute atomic E-state index is 0.0901. The maximum Gasteiger partial charge on any atom is 0.185 e. The molecule has 0 amide bonds. The molecular weight excluding hydrogens is 338 g/mol. The van der Waals surface area contributed by atoms with Gasteiger partial charge in [0.15, 0.2) is 5.78 Å². The molecule has 2 saturated carbocycles. The number of fused-ring (bicyclic) bond motifs is 2. The van der Waals surface area contributed by atoms with E-state index in [1.54, 1.807) is 6.20 Å². The molecule has 4 rings (SSSR count). The van der Waals surface area contributed by atoms with Gasteiger partial charge in [0.05, 0.1) is 0 Å². The van der Waals surface area contributed by atoms with Crippen molar-refractivity contribution in [1.82, 2.24) is 4.98 Å². The van der Waals surface area contributed by atoms with Crippen LogP contribution in [0.2, 0.25) is 0 Å². The quantitative estimate of drug-likeness (QED) is 0.736. The Kier molecular flexibility index (Phi) is 3.61. The third-order valence-corrected chi connectivity index (χ3v) is 6.12. The SMILES string of the molecule is O=C(c1ccccn1)[C@@H]1[C@@H]2CC[C@@H](C2)[C@H]1c1ccccc1Br. The van der Waals surface area contributed by atoms with Gasteiger partial charge in [-0.1, -0.05) is 40.2 Å². The number of nitrogens with zero attached hydrogens (tertiary/aromatic N) is 1. The van der Waals surface area contributed by atoms with Gasteiger partial charge >= 0.3 is 0 Å². The second kappa shape index (κ2) is 5.62. The largest absolute Gasteiger partial charge is 0.292 e. The minimum Gasteiger partial charge on any atom is -0.292 e. The molecule has 22 heavy (non-hydrogen) atoms. The lowest BCUT2D eigenvalue weighted by Gasteiger charge is -2.31. The van der Waals surface area contributed by atoms with Crippen molar-refractivity contribution in [3.05, 3.63) is 64.4 Å². The summed E-state index contributed by atoms with van der Waals surface area (Å²) in [6, 6.07) is 14.0. The number of benzene rings is 1. The van der Waals surface area contributed by atoms with Crippen LogP contribution in [0.4, 0.5) is 0 Å². The van der Waals surface area contributed by atoms with E-state index in [1.165, 1.54) is 24.8 Å². The predicted octanol–water partition coefficient (Wildman–Crippen LogP) is 4.86. The third kappa shape index (κ3) is 2.23. The summed E-state index contributed by atoms with van der Waals surface area (Å²) in [6.07, 6.45) is 5.35. The second-order valence-corrected chi connectivity index (χ2v) is 7.34. The highest BCUT2D eigenvalue weighted by Crippen LogP contribution is 2.58. The van der Waals surface area contributed by atoms with Crippen LogP contribution in [0.3, 0.4) is 0 Å². The highest BCUT2D eigenvalue weighted by Gasteiger charge is 2.51. The zero-order valence-electron chi connectivity index (χ0n) is 12.3. The van der Waals surface area contributed by atoms with Crippen molar-refractivity contribution in [1.29, 1.82) is 0 Å². The lowest BCUT2D eigenvalue weighted by atomic mass is 9.73. The molecule has 0 aliphatic heterocycles. The molecule has 4 atom stereocenters. The fraction of sp³-hybridized carbons (Fsp3) is 0.368. The number of carbonyl (C=O) groups is 1. The molecule has 0 N–H and O–H groups in total. The molecule has 1 aromatic carbocycles. The molecule has 2 aliphatic carbocycles. The maximum atomic E-state index is 13.1. The summed E-state index contributed by atoms with van der Waals surface area (Å²) in [7, 11) is 0. The number of halogens is 1. The Hall–Kier alpha value is -1.48. The van der Waals surface area contributed by atoms with Crippen molar-refractivity contribution < 1.29 is 4.79 Å². The van der Waals surface area contributed by atoms with Crippen molar-refractivity contribution >= 4 is 21.7 Å². The Morgan fingerprint density at radius 2 is 1.82 bits per heavy atom. The van der Waals surface area contributed by atoms with Crippen LogP contribution in [-0.2, 0) is 0 Å². The molecule has 112 valence electrons. The van der Waals surface area contributed by atoms with Gasteiger partial charge in [0.2, 0.25) is 0 Å². The molecule has 1 aromatic heterocycles. The zero-order valence-corrected chi connectivity index (χ0v) is 13.9. The molecule has 2 aromatic rings. The van der Waals surface area contributed by atoms with Gasteiger partial charge in [0.25, 0.3) is 0 Å². The van der Waals surface area contributed by atoms with Crippen molar-refractivity contribution in [3.8, 4) is 0 Å². The van der Waals surface area contributed by atoms with Crippen LogP contribution < -0.4 is 0 Å². The fourth-order valence-corrected chi connectivity index (χ4v) is 5.09. The Bertz CT molecular complexity index is 700. The maximum absolute atomic E-state index is 13.1. The van der Waals surface area contributed by atoms with Gasteiger partial charge < -0.3 is 0 Å². The van der Waals surface area contributed by atoms with Crippen molar-refractivity contribution in [3.63, 3.8) is 0 Å². The third-order valence-electron chi connectivity index (χ3n) is 5.40. The van der Waals surface area contributed by atoms with Crippen molar-refractivity contribution in [2.24, 2.45) is 17.8 Å². The highest BCUT2D eigenvalue weighted by molar-refractivity contribution is 9.10. The Balaban J connectivity index is 1.74. The summed E-state index contributed by atoms with van der Waals surface area (Å²) >= 11 is 3.68. The van der Waals surface area contributed by atoms with E-state index in [0.29, 0.717) is 23.4 Å². The first kappa shape index (κ1) is 14.1. The van der Waals surface area contributed by atoms with Gasteiger partial charge in [-0.2, -0.15) is 0 Å². The minimum atomic E-state index is 0.0901. The summed E-state index contributed by atoms with van der Waals surface area (Å²) < 4.78 is 1.13. The van der Waals surface area contributed by atoms with E-state index in [9.17, 15) is 4.79 Å². The monoisotopic (exact) mass is 355 g/mol. The van der Waals surface area contributed by atoms with Gasteiger partial charge in [-0.15, -0.1) is 0 Å². The summed E-state index contributed by atoms with van der Waals surface area (Å²) in [5.41, 5.74) is 1.92. The number of carbonyl (C=O) groups excluding carboxylic acids is 1. The number of hydrogen-bond acceptors (Lipinski definition) is 2. The summed E-state index contributed by atoms with van der Waals surface area (Å²) in [4.78, 5) is 17.4. The molecule has 2 nitrogen and oxygen atoms in total. The lowest BCUT2D eigenvalue weighted by molar-refractivity contribution is 0.0847. The number of hydrogen-bond donors (Lipinski definition) is 0. The molecule has 0 unspecified atom stereocenters. The van der Waals surface area contributed by atoms with E-state index in [1.807, 2.05) is 24.3 Å². The van der Waals surface area contributed by atoms with E-state index in [0.717, 1.165) is 4.47 Å². The molecule has 0 spiro atoms. The van der Waals surface area contributed by atoms with Crippen molar-refractivity contribution in [2.45, 2.75) is 25.2 Å². The van der Waals surface area contributed by atoms with Crippen LogP contribution >= 0.6 is 15.9 Å². The summed E-state index contributed by atoms with van der Waals surface area (Å²) in [5.74, 6) is 1.82. The van der Waals surface area contributed by atoms with E-state index >= 15 is 0 Å². The average Bonchev–Trinajstić information content (AvgIpc) is 3.16. The Labute approximate surface area is 139 Å². The van der Waals surface area contributed by atoms with Crippen LogP contribution in [0, 0.1) is 17.8 Å². The highest BCUT2D eigenvalue weighted by atomic mass is 79.9. The number of Topliss-reactive ketones (excluding diaryl/α,β-unsaturated/α-hetero) is 1. The van der Waals surface area contributed by atoms with Crippen LogP contribution in [0.5, 0.6) is 0 Å². The molecular formula is C19H18BrNO. The normalized spacial score (nSPS) is 29.7. The Morgan fingerprint density at radius 1 is 1.05 bits per heavy atom. The fourth-order valence-electron chi connectivity index (χ4n) is 4.54. The molecule has 2 aliphatic rings. The number of aromatic nitrogens is 1. The topological polar surface area (TPSA) is 30.0 Å². The van der Waals surface area contributed by atoms with E-state index in [-0.39, 0.29) is 11.7 Å². The van der Waals surface area contributed by atoms with Gasteiger partial charge in [0, 0.05) is 16.6 Å². The van der Waals surface area contributed by atoms with Gasteiger partial charge in [0.1, 0.15) is 5.69 Å². The molecule has 0 radical (unpaired) electrons. The van der Waals surface area contributed by atoms with E-state index < -0.39 is 0 Å². The van der Waals surface area contributed by atoms with Crippen LogP contribution in [0.15, 0.2) is 53.1 Å². The summed E-state index contributed by atoms with van der Waals surface area (Å²) in [6.45, 7) is 0. The predicted molar refractivity (Wildman–Crippen MR) is 89.8 cm³/mol. The first-order valence-corrected chi connectivity index (χ1v) is 8.74. The van der Waals surface area contributed by atoms with Gasteiger partial charge in [-0.25, -0.2) is 0 Å². The zero-order chi connectivity index (χ0) is 15.1. The molecule has 2 bridgehead atoms. The number of pyridine rings is 1. The van der Waals surface area contributed by atoms with Gasteiger partial charge in [-0.05, 0) is 60.8 Å². The molecule has 3 heteroatoms. The smallest absolute Gasteiger partial charge is 0.185 e. The van der Waals surface area contributed by atoms with Gasteiger partial charge in [-0.3, -0.25) is 9.78 Å². The first-order chi connectivity index (χ1) is 10.8. The standard InChI is InChI=1S/C19H18BrNO/c20-15-6-2-1-5-14(15)17-12-8-9-13(11-12)18(17)19(22)16-7-3-4-10-21-16/h1-7,10,12-13,17-18H,8-9,11H2/t12-,13+,17-,18+/m0/s1. The number of ketones is 1. The summed E-state index contributed by atoms with van der Waals surface area (Å²) in [5, 5.41) is 0. The van der Waals surface area contributed by atoms with Crippen LogP contribution in [-0.4, -0.2) is 10.8 Å². The second-order valence-electron chi connectivity index (χ2n) is 6.49.